The molecule has 6 nitrogen and oxygen atoms in total. The van der Waals surface area contributed by atoms with E-state index in [2.05, 4.69) is 5.32 Å². The van der Waals surface area contributed by atoms with Crippen LogP contribution in [0.4, 0.5) is 15.8 Å². The third kappa shape index (κ3) is 4.30. The number of carbonyl (C=O) groups excluding carboxylic acids is 1. The zero-order valence-electron chi connectivity index (χ0n) is 12.9. The summed E-state index contributed by atoms with van der Waals surface area (Å²) in [7, 11) is -4.08. The molecule has 8 heteroatoms. The van der Waals surface area contributed by atoms with Crippen LogP contribution in [0.3, 0.4) is 0 Å². The van der Waals surface area contributed by atoms with Gasteiger partial charge in [-0.05, 0) is 36.8 Å². The molecule has 1 atom stereocenters. The first kappa shape index (κ1) is 17.9. The van der Waals surface area contributed by atoms with Gasteiger partial charge >= 0.3 is 0 Å². The Labute approximate surface area is 139 Å². The molecule has 1 amide bonds. The summed E-state index contributed by atoms with van der Waals surface area (Å²) < 4.78 is 42.8. The molecule has 0 fully saturated rings. The zero-order valence-corrected chi connectivity index (χ0v) is 13.7. The second kappa shape index (κ2) is 7.41. The predicted molar refractivity (Wildman–Crippen MR) is 88.2 cm³/mol. The van der Waals surface area contributed by atoms with E-state index in [4.69, 9.17) is 9.92 Å². The Kier molecular flexibility index (Phi) is 5.53. The molecule has 0 saturated heterocycles. The van der Waals surface area contributed by atoms with E-state index in [9.17, 15) is 17.6 Å². The molecule has 24 heavy (non-hydrogen) atoms. The zero-order chi connectivity index (χ0) is 17.7. The number of nitrogens with two attached hydrogens (primary N) is 1. The lowest BCUT2D eigenvalue weighted by atomic mass is 10.2. The summed E-state index contributed by atoms with van der Waals surface area (Å²) in [6.07, 6.45) is -1.12. The topological polar surface area (TPSA) is 98.5 Å². The fourth-order valence-corrected chi connectivity index (χ4v) is 3.05. The van der Waals surface area contributed by atoms with Gasteiger partial charge in [0.15, 0.2) is 6.10 Å². The average Bonchev–Trinajstić information content (AvgIpc) is 2.57. The SMILES string of the molecule is CCC(OS(=O)(=O)c1ccccc1)C(=O)Nc1ccc(N)c(F)c1. The van der Waals surface area contributed by atoms with Crippen LogP contribution in [-0.4, -0.2) is 20.4 Å². The van der Waals surface area contributed by atoms with Gasteiger partial charge in [0.1, 0.15) is 5.82 Å². The predicted octanol–water partition coefficient (Wildman–Crippen LogP) is 2.53. The van der Waals surface area contributed by atoms with Crippen LogP contribution in [0.5, 0.6) is 0 Å². The van der Waals surface area contributed by atoms with Crippen LogP contribution in [0.1, 0.15) is 13.3 Å². The van der Waals surface area contributed by atoms with Crippen molar-refractivity contribution in [2.45, 2.75) is 24.3 Å². The molecule has 2 aromatic carbocycles. The molecule has 2 aromatic rings. The number of anilines is 2. The number of nitrogens with one attached hydrogen (secondary N) is 1. The Bertz CT molecular complexity index is 825. The van der Waals surface area contributed by atoms with Gasteiger partial charge in [0, 0.05) is 5.69 Å². The highest BCUT2D eigenvalue weighted by atomic mass is 32.2. The first-order chi connectivity index (χ1) is 11.3. The van der Waals surface area contributed by atoms with E-state index in [1.54, 1.807) is 25.1 Å². The first-order valence-corrected chi connectivity index (χ1v) is 8.58. The van der Waals surface area contributed by atoms with Crippen LogP contribution in [0.25, 0.3) is 0 Å². The molecular weight excluding hydrogens is 335 g/mol. The molecule has 0 heterocycles. The van der Waals surface area contributed by atoms with Crippen molar-refractivity contribution in [3.05, 3.63) is 54.3 Å². The van der Waals surface area contributed by atoms with E-state index in [0.29, 0.717) is 0 Å². The largest absolute Gasteiger partial charge is 0.396 e. The number of halogens is 1. The molecule has 128 valence electrons. The van der Waals surface area contributed by atoms with Crippen LogP contribution < -0.4 is 11.1 Å². The van der Waals surface area contributed by atoms with Gasteiger partial charge in [0.05, 0.1) is 10.6 Å². The van der Waals surface area contributed by atoms with E-state index >= 15 is 0 Å². The Morgan fingerprint density at radius 1 is 1.25 bits per heavy atom. The fourth-order valence-electron chi connectivity index (χ4n) is 1.92. The van der Waals surface area contributed by atoms with E-state index < -0.39 is 27.9 Å². The molecule has 0 aliphatic carbocycles. The summed E-state index contributed by atoms with van der Waals surface area (Å²) in [6, 6.07) is 11.3. The normalized spacial score (nSPS) is 12.6. The molecule has 0 radical (unpaired) electrons. The summed E-state index contributed by atoms with van der Waals surface area (Å²) in [5, 5.41) is 2.41. The van der Waals surface area contributed by atoms with E-state index in [0.717, 1.165) is 6.07 Å². The van der Waals surface area contributed by atoms with E-state index in [-0.39, 0.29) is 22.7 Å². The van der Waals surface area contributed by atoms with Crippen molar-refractivity contribution in [2.24, 2.45) is 0 Å². The number of hydrogen-bond donors (Lipinski definition) is 2. The Hall–Kier alpha value is -2.45. The summed E-state index contributed by atoms with van der Waals surface area (Å²) in [4.78, 5) is 12.1. The fraction of sp³-hybridized carbons (Fsp3) is 0.188. The monoisotopic (exact) mass is 352 g/mol. The lowest BCUT2D eigenvalue weighted by Crippen LogP contribution is -2.32. The van der Waals surface area contributed by atoms with Gasteiger partial charge in [-0.3, -0.25) is 8.98 Å². The third-order valence-corrected chi connectivity index (χ3v) is 4.54. The summed E-state index contributed by atoms with van der Waals surface area (Å²) >= 11 is 0. The summed E-state index contributed by atoms with van der Waals surface area (Å²) in [5.74, 6) is -1.38. The lowest BCUT2D eigenvalue weighted by Gasteiger charge is -2.16. The standard InChI is InChI=1S/C16H17FN2O4S/c1-2-15(23-24(21,22)12-6-4-3-5-7-12)16(20)19-11-8-9-14(18)13(17)10-11/h3-10,15H,2,18H2,1H3,(H,19,20). The van der Waals surface area contributed by atoms with Crippen molar-refractivity contribution in [1.82, 2.24) is 0 Å². The maximum Gasteiger partial charge on any atom is 0.297 e. The minimum Gasteiger partial charge on any atom is -0.396 e. The number of nitrogen functional groups attached to an aromatic ring is 1. The summed E-state index contributed by atoms with van der Waals surface area (Å²) in [6.45, 7) is 1.61. The molecule has 1 unspecified atom stereocenters. The quantitative estimate of drug-likeness (QED) is 0.615. The van der Waals surface area contributed by atoms with Crippen LogP contribution in [0.2, 0.25) is 0 Å². The first-order valence-electron chi connectivity index (χ1n) is 7.17. The number of rotatable bonds is 6. The van der Waals surface area contributed by atoms with Crippen molar-refractivity contribution >= 4 is 27.4 Å². The highest BCUT2D eigenvalue weighted by Crippen LogP contribution is 2.19. The van der Waals surface area contributed by atoms with Crippen molar-refractivity contribution in [1.29, 1.82) is 0 Å². The number of hydrogen-bond acceptors (Lipinski definition) is 5. The molecule has 0 saturated carbocycles. The molecule has 0 aromatic heterocycles. The van der Waals surface area contributed by atoms with E-state index in [1.165, 1.54) is 24.3 Å². The number of benzene rings is 2. The molecule has 0 aliphatic heterocycles. The molecule has 0 bridgehead atoms. The second-order valence-electron chi connectivity index (χ2n) is 4.99. The van der Waals surface area contributed by atoms with E-state index in [1.807, 2.05) is 0 Å². The van der Waals surface area contributed by atoms with Crippen LogP contribution >= 0.6 is 0 Å². The van der Waals surface area contributed by atoms with Crippen LogP contribution in [0.15, 0.2) is 53.4 Å². The average molecular weight is 352 g/mol. The van der Waals surface area contributed by atoms with Gasteiger partial charge in [-0.1, -0.05) is 25.1 Å². The molecule has 0 aliphatic rings. The van der Waals surface area contributed by atoms with Crippen molar-refractivity contribution in [3.63, 3.8) is 0 Å². The van der Waals surface area contributed by atoms with Crippen LogP contribution in [0, 0.1) is 5.82 Å². The maximum atomic E-state index is 13.4. The van der Waals surface area contributed by atoms with Gasteiger partial charge in [-0.2, -0.15) is 8.42 Å². The Morgan fingerprint density at radius 2 is 1.92 bits per heavy atom. The van der Waals surface area contributed by atoms with Gasteiger partial charge < -0.3 is 11.1 Å². The van der Waals surface area contributed by atoms with Gasteiger partial charge in [-0.15, -0.1) is 0 Å². The van der Waals surface area contributed by atoms with Crippen molar-refractivity contribution in [3.8, 4) is 0 Å². The molecule has 0 spiro atoms. The van der Waals surface area contributed by atoms with Gasteiger partial charge in [-0.25, -0.2) is 4.39 Å². The van der Waals surface area contributed by atoms with Crippen molar-refractivity contribution in [2.75, 3.05) is 11.1 Å². The maximum absolute atomic E-state index is 13.4. The smallest absolute Gasteiger partial charge is 0.297 e. The third-order valence-electron chi connectivity index (χ3n) is 3.21. The number of carbonyl (C=O) groups is 1. The van der Waals surface area contributed by atoms with Gasteiger partial charge in [0.25, 0.3) is 16.0 Å². The second-order valence-corrected chi connectivity index (χ2v) is 6.56. The highest BCUT2D eigenvalue weighted by Gasteiger charge is 2.26. The highest BCUT2D eigenvalue weighted by molar-refractivity contribution is 7.86. The Morgan fingerprint density at radius 3 is 2.50 bits per heavy atom. The van der Waals surface area contributed by atoms with Gasteiger partial charge in [0.2, 0.25) is 0 Å². The minimum absolute atomic E-state index is 0.0465. The molecular formula is C16H17FN2O4S. The van der Waals surface area contributed by atoms with Crippen molar-refractivity contribution < 1.29 is 21.8 Å². The summed E-state index contributed by atoms with van der Waals surface area (Å²) in [5.41, 5.74) is 5.47. The minimum atomic E-state index is -4.08. The molecule has 2 rings (SSSR count). The molecule has 3 N–H and O–H groups in total. The van der Waals surface area contributed by atoms with Crippen LogP contribution in [-0.2, 0) is 19.1 Å². The Balaban J connectivity index is 2.13. The number of amides is 1. The lowest BCUT2D eigenvalue weighted by molar-refractivity contribution is -0.122.